The maximum Gasteiger partial charge on any atom is 0.319 e. The predicted octanol–water partition coefficient (Wildman–Crippen LogP) is 3.07. The van der Waals surface area contributed by atoms with E-state index in [0.29, 0.717) is 0 Å². The second kappa shape index (κ2) is 5.04. The van der Waals surface area contributed by atoms with Crippen LogP contribution in [0.1, 0.15) is 19.5 Å². The average molecular weight is 243 g/mol. The molecule has 0 spiro atoms. The molecule has 0 aliphatic rings. The Morgan fingerprint density at radius 3 is 2.72 bits per heavy atom. The number of aromatic nitrogens is 1. The summed E-state index contributed by atoms with van der Waals surface area (Å²) in [5.74, 6) is 0. The van der Waals surface area contributed by atoms with Crippen LogP contribution in [0.3, 0.4) is 0 Å². The monoisotopic (exact) mass is 243 g/mol. The van der Waals surface area contributed by atoms with Gasteiger partial charge in [-0.2, -0.15) is 0 Å². The van der Waals surface area contributed by atoms with Crippen LogP contribution >= 0.6 is 0 Å². The number of aryl methyl sites for hydroxylation is 1. The van der Waals surface area contributed by atoms with Gasteiger partial charge in [-0.05, 0) is 32.9 Å². The summed E-state index contributed by atoms with van der Waals surface area (Å²) in [5.41, 5.74) is 2.48. The minimum Gasteiger partial charge on any atom is -0.336 e. The fourth-order valence-electron chi connectivity index (χ4n) is 1.77. The third-order valence-electron chi connectivity index (χ3n) is 2.53. The van der Waals surface area contributed by atoms with Crippen molar-refractivity contribution in [3.8, 4) is 0 Å². The number of urea groups is 1. The number of nitrogens with zero attached hydrogens (tertiary/aromatic N) is 1. The highest BCUT2D eigenvalue weighted by Crippen LogP contribution is 2.21. The summed E-state index contributed by atoms with van der Waals surface area (Å²) in [5, 5.41) is 6.64. The molecule has 1 heterocycles. The lowest BCUT2D eigenvalue weighted by atomic mass is 10.2. The Morgan fingerprint density at radius 2 is 2.00 bits per heavy atom. The second-order valence-electron chi connectivity index (χ2n) is 4.58. The molecule has 1 aromatic carbocycles. The van der Waals surface area contributed by atoms with Crippen LogP contribution in [0.5, 0.6) is 0 Å². The zero-order chi connectivity index (χ0) is 13.1. The smallest absolute Gasteiger partial charge is 0.319 e. The molecule has 18 heavy (non-hydrogen) atoms. The van der Waals surface area contributed by atoms with E-state index >= 15 is 0 Å². The quantitative estimate of drug-likeness (QED) is 0.851. The first-order chi connectivity index (χ1) is 8.56. The van der Waals surface area contributed by atoms with Gasteiger partial charge in [0.25, 0.3) is 0 Å². The lowest BCUT2D eigenvalue weighted by Crippen LogP contribution is -2.34. The number of anilines is 1. The molecule has 0 radical (unpaired) electrons. The van der Waals surface area contributed by atoms with E-state index in [-0.39, 0.29) is 12.1 Å². The lowest BCUT2D eigenvalue weighted by Gasteiger charge is -2.11. The number of benzene rings is 1. The van der Waals surface area contributed by atoms with Gasteiger partial charge in [-0.3, -0.25) is 4.98 Å². The van der Waals surface area contributed by atoms with E-state index in [0.717, 1.165) is 22.3 Å². The fraction of sp³-hybridized carbons (Fsp3) is 0.286. The zero-order valence-electron chi connectivity index (χ0n) is 10.8. The van der Waals surface area contributed by atoms with E-state index in [1.807, 2.05) is 51.1 Å². The summed E-state index contributed by atoms with van der Waals surface area (Å²) in [7, 11) is 0. The number of hydrogen-bond donors (Lipinski definition) is 2. The van der Waals surface area contributed by atoms with Crippen LogP contribution in [-0.2, 0) is 0 Å². The van der Waals surface area contributed by atoms with Gasteiger partial charge >= 0.3 is 6.03 Å². The molecular formula is C14H17N3O. The Labute approximate surface area is 106 Å². The highest BCUT2D eigenvalue weighted by atomic mass is 16.2. The standard InChI is InChI=1S/C14H17N3O/c1-9(2)15-14(18)17-12-6-4-5-11-8-7-10(3)16-13(11)12/h4-9H,1-3H3,(H2,15,17,18). The Bertz CT molecular complexity index is 578. The average Bonchev–Trinajstić information content (AvgIpc) is 2.28. The fourth-order valence-corrected chi connectivity index (χ4v) is 1.77. The van der Waals surface area contributed by atoms with Crippen molar-refractivity contribution in [3.63, 3.8) is 0 Å². The highest BCUT2D eigenvalue weighted by Gasteiger charge is 2.07. The number of carbonyl (C=O) groups excluding carboxylic acids is 1. The normalized spacial score (nSPS) is 10.7. The molecule has 2 rings (SSSR count). The van der Waals surface area contributed by atoms with E-state index in [2.05, 4.69) is 15.6 Å². The van der Waals surface area contributed by atoms with Gasteiger partial charge in [0.1, 0.15) is 0 Å². The van der Waals surface area contributed by atoms with Crippen molar-refractivity contribution < 1.29 is 4.79 Å². The van der Waals surface area contributed by atoms with Crippen LogP contribution in [0.15, 0.2) is 30.3 Å². The number of amides is 2. The van der Waals surface area contributed by atoms with Crippen LogP contribution in [0.4, 0.5) is 10.5 Å². The van der Waals surface area contributed by atoms with Crippen molar-refractivity contribution >= 4 is 22.6 Å². The van der Waals surface area contributed by atoms with E-state index in [9.17, 15) is 4.79 Å². The van der Waals surface area contributed by atoms with Crippen molar-refractivity contribution in [1.82, 2.24) is 10.3 Å². The van der Waals surface area contributed by atoms with E-state index < -0.39 is 0 Å². The minimum atomic E-state index is -0.208. The Balaban J connectivity index is 2.33. The SMILES string of the molecule is Cc1ccc2cccc(NC(=O)NC(C)C)c2n1. The number of hydrogen-bond acceptors (Lipinski definition) is 2. The first-order valence-corrected chi connectivity index (χ1v) is 6.00. The Kier molecular flexibility index (Phi) is 3.46. The van der Waals surface area contributed by atoms with Crippen molar-refractivity contribution in [2.24, 2.45) is 0 Å². The zero-order valence-corrected chi connectivity index (χ0v) is 10.8. The number of nitrogens with one attached hydrogen (secondary N) is 2. The molecule has 0 unspecified atom stereocenters. The summed E-state index contributed by atoms with van der Waals surface area (Å²) >= 11 is 0. The number of para-hydroxylation sites is 1. The second-order valence-corrected chi connectivity index (χ2v) is 4.58. The third kappa shape index (κ3) is 2.77. The van der Waals surface area contributed by atoms with E-state index in [1.165, 1.54) is 0 Å². The van der Waals surface area contributed by atoms with Crippen LogP contribution < -0.4 is 10.6 Å². The molecule has 0 atom stereocenters. The molecule has 0 aliphatic heterocycles. The summed E-state index contributed by atoms with van der Waals surface area (Å²) in [6.07, 6.45) is 0. The molecule has 0 fully saturated rings. The first kappa shape index (κ1) is 12.4. The van der Waals surface area contributed by atoms with Crippen LogP contribution in [-0.4, -0.2) is 17.1 Å². The maximum atomic E-state index is 11.7. The molecule has 4 nitrogen and oxygen atoms in total. The molecule has 94 valence electrons. The van der Waals surface area contributed by atoms with Crippen molar-refractivity contribution in [3.05, 3.63) is 36.0 Å². The van der Waals surface area contributed by atoms with Crippen molar-refractivity contribution in [1.29, 1.82) is 0 Å². The van der Waals surface area contributed by atoms with Gasteiger partial charge < -0.3 is 10.6 Å². The van der Waals surface area contributed by atoms with Gasteiger partial charge in [-0.1, -0.05) is 18.2 Å². The summed E-state index contributed by atoms with van der Waals surface area (Å²) in [4.78, 5) is 16.2. The summed E-state index contributed by atoms with van der Waals surface area (Å²) in [6, 6.07) is 9.60. The Hall–Kier alpha value is -2.10. The van der Waals surface area contributed by atoms with Gasteiger partial charge in [0, 0.05) is 17.1 Å². The first-order valence-electron chi connectivity index (χ1n) is 6.00. The molecule has 4 heteroatoms. The van der Waals surface area contributed by atoms with Crippen LogP contribution in [0, 0.1) is 6.92 Å². The van der Waals surface area contributed by atoms with Crippen molar-refractivity contribution in [2.75, 3.05) is 5.32 Å². The number of fused-ring (bicyclic) bond motifs is 1. The molecule has 0 aliphatic carbocycles. The van der Waals surface area contributed by atoms with Gasteiger partial charge in [0.15, 0.2) is 0 Å². The molecule has 2 N–H and O–H groups in total. The molecule has 2 amide bonds. The molecule has 0 saturated carbocycles. The summed E-state index contributed by atoms with van der Waals surface area (Å²) < 4.78 is 0. The molecular weight excluding hydrogens is 226 g/mol. The number of pyridine rings is 1. The van der Waals surface area contributed by atoms with Gasteiger partial charge in [0.2, 0.25) is 0 Å². The Morgan fingerprint density at radius 1 is 1.22 bits per heavy atom. The number of carbonyl (C=O) groups is 1. The van der Waals surface area contributed by atoms with E-state index in [1.54, 1.807) is 0 Å². The van der Waals surface area contributed by atoms with Crippen molar-refractivity contribution in [2.45, 2.75) is 26.8 Å². The third-order valence-corrected chi connectivity index (χ3v) is 2.53. The molecule has 2 aromatic rings. The predicted molar refractivity (Wildman–Crippen MR) is 73.8 cm³/mol. The van der Waals surface area contributed by atoms with Crippen LogP contribution in [0.2, 0.25) is 0 Å². The van der Waals surface area contributed by atoms with Gasteiger partial charge in [-0.15, -0.1) is 0 Å². The topological polar surface area (TPSA) is 54.0 Å². The minimum absolute atomic E-state index is 0.106. The molecule has 1 aromatic heterocycles. The highest BCUT2D eigenvalue weighted by molar-refractivity contribution is 5.99. The van der Waals surface area contributed by atoms with Gasteiger partial charge in [0.05, 0.1) is 11.2 Å². The van der Waals surface area contributed by atoms with E-state index in [4.69, 9.17) is 0 Å². The lowest BCUT2D eigenvalue weighted by molar-refractivity contribution is 0.250. The van der Waals surface area contributed by atoms with Crippen LogP contribution in [0.25, 0.3) is 10.9 Å². The number of rotatable bonds is 2. The largest absolute Gasteiger partial charge is 0.336 e. The summed E-state index contributed by atoms with van der Waals surface area (Å²) in [6.45, 7) is 5.78. The van der Waals surface area contributed by atoms with Gasteiger partial charge in [-0.25, -0.2) is 4.79 Å². The molecule has 0 bridgehead atoms. The molecule has 0 saturated heterocycles. The maximum absolute atomic E-state index is 11.7.